The number of aromatic nitrogens is 1. The normalized spacial score (nSPS) is 19.1. The fourth-order valence-corrected chi connectivity index (χ4v) is 4.59. The second-order valence-electron chi connectivity index (χ2n) is 8.73. The molecule has 2 heterocycles. The van der Waals surface area contributed by atoms with Crippen molar-refractivity contribution in [2.45, 2.75) is 64.2 Å². The van der Waals surface area contributed by atoms with Gasteiger partial charge in [0.15, 0.2) is 0 Å². The standard InChI is InChI=1S/C25H34N2O3/c28-25-21(10-6-14-26-25)17-27-15-12-23(13-16-27)29-19-22-9-4-5-11-24(22)30-18-20-7-2-1-3-8-20/h4-6,9-11,14,20,23H,1-3,7-8,12-13,15-19H2,(H,26,28). The molecule has 5 heteroatoms. The van der Waals surface area contributed by atoms with E-state index in [-0.39, 0.29) is 11.7 Å². The number of pyridine rings is 1. The predicted molar refractivity (Wildman–Crippen MR) is 119 cm³/mol. The van der Waals surface area contributed by atoms with Gasteiger partial charge in [0.2, 0.25) is 0 Å². The third-order valence-corrected chi connectivity index (χ3v) is 6.47. The molecule has 4 rings (SSSR count). The Morgan fingerprint density at radius 3 is 2.50 bits per heavy atom. The summed E-state index contributed by atoms with van der Waals surface area (Å²) < 4.78 is 12.4. The zero-order valence-corrected chi connectivity index (χ0v) is 17.9. The molecule has 0 spiro atoms. The smallest absolute Gasteiger partial charge is 0.252 e. The number of nitrogens with zero attached hydrogens (tertiary/aromatic N) is 1. The third kappa shape index (κ3) is 5.96. The van der Waals surface area contributed by atoms with Gasteiger partial charge in [-0.05, 0) is 43.7 Å². The first kappa shape index (κ1) is 21.1. The van der Waals surface area contributed by atoms with Gasteiger partial charge in [0.25, 0.3) is 5.56 Å². The molecule has 2 aromatic rings. The molecule has 1 aliphatic carbocycles. The van der Waals surface area contributed by atoms with E-state index >= 15 is 0 Å². The highest BCUT2D eigenvalue weighted by molar-refractivity contribution is 5.32. The van der Waals surface area contributed by atoms with E-state index in [1.165, 1.54) is 32.1 Å². The number of piperidine rings is 1. The summed E-state index contributed by atoms with van der Waals surface area (Å²) in [5.41, 5.74) is 1.99. The fraction of sp³-hybridized carbons (Fsp3) is 0.560. The summed E-state index contributed by atoms with van der Waals surface area (Å²) in [6, 6.07) is 12.1. The van der Waals surface area contributed by atoms with Crippen LogP contribution in [0.5, 0.6) is 5.75 Å². The highest BCUT2D eigenvalue weighted by Gasteiger charge is 2.21. The van der Waals surface area contributed by atoms with Crippen LogP contribution in [0.1, 0.15) is 56.1 Å². The molecule has 2 fully saturated rings. The van der Waals surface area contributed by atoms with Crippen LogP contribution in [0.3, 0.4) is 0 Å². The Labute approximate surface area is 179 Å². The SMILES string of the molecule is O=c1[nH]cccc1CN1CCC(OCc2ccccc2OCC2CCCCC2)CC1. The lowest BCUT2D eigenvalue weighted by Gasteiger charge is -2.31. The predicted octanol–water partition coefficient (Wildman–Crippen LogP) is 4.52. The average Bonchev–Trinajstić information content (AvgIpc) is 2.80. The Bertz CT molecular complexity index is 836. The van der Waals surface area contributed by atoms with Crippen LogP contribution in [0, 0.1) is 5.92 Å². The van der Waals surface area contributed by atoms with E-state index in [2.05, 4.69) is 28.1 Å². The van der Waals surface area contributed by atoms with Crippen molar-refractivity contribution in [3.8, 4) is 5.75 Å². The lowest BCUT2D eigenvalue weighted by atomic mass is 9.90. The number of hydrogen-bond donors (Lipinski definition) is 1. The average molecular weight is 411 g/mol. The topological polar surface area (TPSA) is 54.6 Å². The van der Waals surface area contributed by atoms with Gasteiger partial charge in [-0.3, -0.25) is 9.69 Å². The zero-order valence-electron chi connectivity index (χ0n) is 17.9. The summed E-state index contributed by atoms with van der Waals surface area (Å²) in [7, 11) is 0. The van der Waals surface area contributed by atoms with Crippen molar-refractivity contribution in [2.24, 2.45) is 5.92 Å². The summed E-state index contributed by atoms with van der Waals surface area (Å²) >= 11 is 0. The van der Waals surface area contributed by atoms with Gasteiger partial charge in [-0.25, -0.2) is 0 Å². The van der Waals surface area contributed by atoms with Gasteiger partial charge in [-0.15, -0.1) is 0 Å². The molecular weight excluding hydrogens is 376 g/mol. The monoisotopic (exact) mass is 410 g/mol. The van der Waals surface area contributed by atoms with Crippen LogP contribution in [0.25, 0.3) is 0 Å². The molecule has 2 aliphatic rings. The van der Waals surface area contributed by atoms with Crippen molar-refractivity contribution in [3.05, 3.63) is 64.1 Å². The van der Waals surface area contributed by atoms with Crippen molar-refractivity contribution >= 4 is 0 Å². The lowest BCUT2D eigenvalue weighted by molar-refractivity contribution is -0.00490. The van der Waals surface area contributed by atoms with Crippen molar-refractivity contribution < 1.29 is 9.47 Å². The van der Waals surface area contributed by atoms with E-state index in [1.54, 1.807) is 6.20 Å². The minimum Gasteiger partial charge on any atom is -0.493 e. The maximum absolute atomic E-state index is 11.9. The molecule has 0 unspecified atom stereocenters. The number of H-pyrrole nitrogens is 1. The van der Waals surface area contributed by atoms with Crippen molar-refractivity contribution in [1.29, 1.82) is 0 Å². The maximum Gasteiger partial charge on any atom is 0.252 e. The van der Waals surface area contributed by atoms with Gasteiger partial charge in [0.05, 0.1) is 19.3 Å². The molecule has 1 aromatic heterocycles. The Hall–Kier alpha value is -2.11. The van der Waals surface area contributed by atoms with E-state index < -0.39 is 0 Å². The van der Waals surface area contributed by atoms with Crippen molar-refractivity contribution in [2.75, 3.05) is 19.7 Å². The molecule has 1 N–H and O–H groups in total. The van der Waals surface area contributed by atoms with Gasteiger partial charge in [0, 0.05) is 37.0 Å². The second kappa shape index (κ2) is 10.8. The number of para-hydroxylation sites is 1. The summed E-state index contributed by atoms with van der Waals surface area (Å²) in [6.45, 7) is 4.05. The number of hydrogen-bond acceptors (Lipinski definition) is 4. The second-order valence-corrected chi connectivity index (χ2v) is 8.73. The van der Waals surface area contributed by atoms with E-state index in [0.717, 1.165) is 49.4 Å². The van der Waals surface area contributed by atoms with E-state index in [1.807, 2.05) is 18.2 Å². The first-order chi connectivity index (χ1) is 14.8. The summed E-state index contributed by atoms with van der Waals surface area (Å²) in [4.78, 5) is 17.0. The number of aromatic amines is 1. The number of rotatable bonds is 8. The van der Waals surface area contributed by atoms with Crippen LogP contribution in [-0.2, 0) is 17.9 Å². The minimum atomic E-state index is 0.0145. The molecule has 0 bridgehead atoms. The van der Waals surface area contributed by atoms with Crippen molar-refractivity contribution in [1.82, 2.24) is 9.88 Å². The Morgan fingerprint density at radius 2 is 1.70 bits per heavy atom. The fourth-order valence-electron chi connectivity index (χ4n) is 4.59. The molecular formula is C25H34N2O3. The van der Waals surface area contributed by atoms with Crippen LogP contribution >= 0.6 is 0 Å². The van der Waals surface area contributed by atoms with Gasteiger partial charge < -0.3 is 14.5 Å². The van der Waals surface area contributed by atoms with Gasteiger partial charge in [-0.1, -0.05) is 43.5 Å². The first-order valence-electron chi connectivity index (χ1n) is 11.5. The van der Waals surface area contributed by atoms with E-state index in [9.17, 15) is 4.79 Å². The van der Waals surface area contributed by atoms with Gasteiger partial charge >= 0.3 is 0 Å². The quantitative estimate of drug-likeness (QED) is 0.695. The van der Waals surface area contributed by atoms with Crippen LogP contribution in [0.15, 0.2) is 47.4 Å². The molecule has 1 aromatic carbocycles. The summed E-state index contributed by atoms with van der Waals surface area (Å²) in [6.07, 6.45) is 10.6. The molecule has 30 heavy (non-hydrogen) atoms. The molecule has 1 saturated carbocycles. The Morgan fingerprint density at radius 1 is 0.933 bits per heavy atom. The molecule has 0 amide bonds. The highest BCUT2D eigenvalue weighted by Crippen LogP contribution is 2.27. The molecule has 162 valence electrons. The Balaban J connectivity index is 1.22. The molecule has 1 saturated heterocycles. The third-order valence-electron chi connectivity index (χ3n) is 6.47. The maximum atomic E-state index is 11.9. The van der Waals surface area contributed by atoms with Gasteiger partial charge in [-0.2, -0.15) is 0 Å². The first-order valence-corrected chi connectivity index (χ1v) is 11.5. The van der Waals surface area contributed by atoms with E-state index in [0.29, 0.717) is 19.1 Å². The van der Waals surface area contributed by atoms with E-state index in [4.69, 9.17) is 9.47 Å². The number of ether oxygens (including phenoxy) is 2. The highest BCUT2D eigenvalue weighted by atomic mass is 16.5. The largest absolute Gasteiger partial charge is 0.493 e. The van der Waals surface area contributed by atoms with Crippen LogP contribution in [0.2, 0.25) is 0 Å². The molecule has 0 radical (unpaired) electrons. The molecule has 0 atom stereocenters. The molecule has 1 aliphatic heterocycles. The Kier molecular flexibility index (Phi) is 7.59. The summed E-state index contributed by atoms with van der Waals surface area (Å²) in [5, 5.41) is 0. The number of benzene rings is 1. The molecule has 5 nitrogen and oxygen atoms in total. The van der Waals surface area contributed by atoms with Crippen molar-refractivity contribution in [3.63, 3.8) is 0 Å². The lowest BCUT2D eigenvalue weighted by Crippen LogP contribution is -2.37. The van der Waals surface area contributed by atoms with Gasteiger partial charge in [0.1, 0.15) is 5.75 Å². The van der Waals surface area contributed by atoms with Crippen LogP contribution in [0.4, 0.5) is 0 Å². The van der Waals surface area contributed by atoms with Crippen LogP contribution < -0.4 is 10.3 Å². The van der Waals surface area contributed by atoms with Crippen LogP contribution in [-0.4, -0.2) is 35.7 Å². The minimum absolute atomic E-state index is 0.0145. The number of likely N-dealkylation sites (tertiary alicyclic amines) is 1. The number of nitrogens with one attached hydrogen (secondary N) is 1. The summed E-state index contributed by atoms with van der Waals surface area (Å²) in [5.74, 6) is 1.68. The zero-order chi connectivity index (χ0) is 20.6.